The summed E-state index contributed by atoms with van der Waals surface area (Å²) in [7, 11) is 0. The lowest BCUT2D eigenvalue weighted by Crippen LogP contribution is -2.30. The minimum atomic E-state index is -0.402. The van der Waals surface area contributed by atoms with Crippen molar-refractivity contribution in [2.75, 3.05) is 9.91 Å². The average molecular weight is 529 g/mol. The summed E-state index contributed by atoms with van der Waals surface area (Å²) in [5.41, 5.74) is 3.55. The zero-order chi connectivity index (χ0) is 25.5. The van der Waals surface area contributed by atoms with Gasteiger partial charge in [-0.2, -0.15) is 5.10 Å². The van der Waals surface area contributed by atoms with Crippen molar-refractivity contribution in [3.63, 3.8) is 0 Å². The Morgan fingerprint density at radius 1 is 0.865 bits per heavy atom. The number of rotatable bonds is 5. The van der Waals surface area contributed by atoms with Crippen LogP contribution in [0.5, 0.6) is 5.75 Å². The van der Waals surface area contributed by atoms with Crippen molar-refractivity contribution in [1.82, 2.24) is 0 Å². The van der Waals surface area contributed by atoms with E-state index < -0.39 is 4.92 Å². The Morgan fingerprint density at radius 2 is 1.54 bits per heavy atom. The SMILES string of the molecule is O=[N+]([O-])c1ccc(N2C3=NN(c4ccccc4)C(c4ccccc4O)C3SC2c2ccc(Cl)cc2)cc1. The molecule has 6 rings (SSSR count). The number of non-ortho nitro benzene ring substituents is 1. The van der Waals surface area contributed by atoms with Gasteiger partial charge in [0, 0.05) is 28.4 Å². The van der Waals surface area contributed by atoms with Gasteiger partial charge in [-0.25, -0.2) is 0 Å². The second-order valence-corrected chi connectivity index (χ2v) is 10.4. The zero-order valence-electron chi connectivity index (χ0n) is 19.4. The molecule has 0 aliphatic carbocycles. The van der Waals surface area contributed by atoms with Crippen LogP contribution in [0.1, 0.15) is 22.5 Å². The van der Waals surface area contributed by atoms with E-state index in [0.717, 1.165) is 28.3 Å². The van der Waals surface area contributed by atoms with Crippen molar-refractivity contribution in [3.8, 4) is 5.75 Å². The molecule has 2 aliphatic rings. The number of aromatic hydroxyl groups is 1. The summed E-state index contributed by atoms with van der Waals surface area (Å²) in [5, 5.41) is 29.6. The lowest BCUT2D eigenvalue weighted by molar-refractivity contribution is -0.384. The number of nitro benzene ring substituents is 1. The van der Waals surface area contributed by atoms with Gasteiger partial charge in [0.15, 0.2) is 0 Å². The number of hydrogen-bond donors (Lipinski definition) is 1. The standard InChI is InChI=1S/C28H21ClN4O3S/c29-19-12-10-18(11-13-19)28-31(20-14-16-22(17-15-20)33(35)36)27-26(37-28)25(23-8-4-5-9-24(23)34)32(30-27)21-6-2-1-3-7-21/h1-17,25-26,28,34H. The van der Waals surface area contributed by atoms with Gasteiger partial charge in [-0.15, -0.1) is 11.8 Å². The maximum absolute atomic E-state index is 11.3. The van der Waals surface area contributed by atoms with Crippen LogP contribution in [-0.4, -0.2) is 21.1 Å². The molecule has 4 aromatic carbocycles. The van der Waals surface area contributed by atoms with E-state index in [-0.39, 0.29) is 28.1 Å². The van der Waals surface area contributed by atoms with Gasteiger partial charge in [0.2, 0.25) is 0 Å². The lowest BCUT2D eigenvalue weighted by atomic mass is 10.0. The first-order chi connectivity index (χ1) is 18.0. The van der Waals surface area contributed by atoms with Crippen molar-refractivity contribution < 1.29 is 10.0 Å². The van der Waals surface area contributed by atoms with Gasteiger partial charge in [-0.1, -0.05) is 60.1 Å². The van der Waals surface area contributed by atoms with Gasteiger partial charge in [-0.3, -0.25) is 15.1 Å². The second-order valence-electron chi connectivity index (χ2n) is 8.75. The second kappa shape index (κ2) is 9.46. The van der Waals surface area contributed by atoms with Crippen molar-refractivity contribution in [2.24, 2.45) is 5.10 Å². The van der Waals surface area contributed by atoms with E-state index in [1.165, 1.54) is 12.1 Å². The fourth-order valence-electron chi connectivity index (χ4n) is 4.83. The summed E-state index contributed by atoms with van der Waals surface area (Å²) in [5.74, 6) is 1.03. The topological polar surface area (TPSA) is 82.2 Å². The molecule has 2 aliphatic heterocycles. The molecule has 0 aromatic heterocycles. The Labute approximate surface area is 222 Å². The van der Waals surface area contributed by atoms with Gasteiger partial charge in [0.1, 0.15) is 23.0 Å². The number of benzene rings is 4. The van der Waals surface area contributed by atoms with Gasteiger partial charge in [-0.05, 0) is 48.0 Å². The molecular weight excluding hydrogens is 508 g/mol. The first-order valence-corrected chi connectivity index (χ1v) is 13.0. The number of phenols is 1. The summed E-state index contributed by atoms with van der Waals surface area (Å²) in [6.07, 6.45) is 0. The molecule has 3 unspecified atom stereocenters. The van der Waals surface area contributed by atoms with Crippen LogP contribution < -0.4 is 9.91 Å². The molecule has 1 N–H and O–H groups in total. The van der Waals surface area contributed by atoms with E-state index in [1.54, 1.807) is 30.0 Å². The third-order valence-electron chi connectivity index (χ3n) is 6.54. The summed E-state index contributed by atoms with van der Waals surface area (Å²) < 4.78 is 0. The van der Waals surface area contributed by atoms with Crippen LogP contribution in [0.25, 0.3) is 0 Å². The van der Waals surface area contributed by atoms with Crippen LogP contribution in [0, 0.1) is 10.1 Å². The lowest BCUT2D eigenvalue weighted by Gasteiger charge is -2.29. The quantitative estimate of drug-likeness (QED) is 0.219. The maximum Gasteiger partial charge on any atom is 0.269 e. The third kappa shape index (κ3) is 4.18. The number of nitrogens with zero attached hydrogens (tertiary/aromatic N) is 4. The van der Waals surface area contributed by atoms with E-state index in [0.29, 0.717) is 5.02 Å². The van der Waals surface area contributed by atoms with Gasteiger partial charge in [0.25, 0.3) is 5.69 Å². The van der Waals surface area contributed by atoms with Crippen LogP contribution >= 0.6 is 23.4 Å². The summed E-state index contributed by atoms with van der Waals surface area (Å²) in [4.78, 5) is 13.0. The zero-order valence-corrected chi connectivity index (χ0v) is 21.0. The fraction of sp³-hybridized carbons (Fsp3) is 0.107. The molecule has 4 aromatic rings. The number of halogens is 1. The van der Waals surface area contributed by atoms with E-state index in [4.69, 9.17) is 16.7 Å². The molecule has 2 heterocycles. The highest BCUT2D eigenvalue weighted by molar-refractivity contribution is 8.01. The van der Waals surface area contributed by atoms with E-state index in [2.05, 4.69) is 4.90 Å². The predicted molar refractivity (Wildman–Crippen MR) is 148 cm³/mol. The minimum Gasteiger partial charge on any atom is -0.508 e. The first-order valence-electron chi connectivity index (χ1n) is 11.7. The summed E-state index contributed by atoms with van der Waals surface area (Å²) >= 11 is 7.91. The van der Waals surface area contributed by atoms with E-state index >= 15 is 0 Å². The largest absolute Gasteiger partial charge is 0.508 e. The van der Waals surface area contributed by atoms with Gasteiger partial charge in [0.05, 0.1) is 15.9 Å². The Kier molecular flexibility index (Phi) is 5.98. The molecule has 0 amide bonds. The average Bonchev–Trinajstić information content (AvgIpc) is 3.46. The highest BCUT2D eigenvalue weighted by Crippen LogP contribution is 2.55. The number of hydrazone groups is 1. The molecule has 37 heavy (non-hydrogen) atoms. The highest BCUT2D eigenvalue weighted by atomic mass is 35.5. The summed E-state index contributed by atoms with van der Waals surface area (Å²) in [6.45, 7) is 0. The normalized spacial score (nSPS) is 20.6. The number of amidine groups is 1. The molecule has 184 valence electrons. The molecule has 0 spiro atoms. The monoisotopic (exact) mass is 528 g/mol. The Balaban J connectivity index is 1.51. The number of hydrogen-bond acceptors (Lipinski definition) is 7. The molecule has 7 nitrogen and oxygen atoms in total. The molecule has 3 atom stereocenters. The molecular formula is C28H21ClN4O3S. The number of phenolic OH excluding ortho intramolecular Hbond substituents is 1. The molecule has 0 bridgehead atoms. The van der Waals surface area contributed by atoms with Gasteiger partial charge < -0.3 is 10.0 Å². The van der Waals surface area contributed by atoms with Crippen molar-refractivity contribution >= 4 is 46.3 Å². The van der Waals surface area contributed by atoms with Crippen molar-refractivity contribution in [3.05, 3.63) is 129 Å². The maximum atomic E-state index is 11.3. The van der Waals surface area contributed by atoms with Crippen LogP contribution in [0.15, 0.2) is 108 Å². The number of fused-ring (bicyclic) bond motifs is 1. The summed E-state index contributed by atoms with van der Waals surface area (Å²) in [6, 6.07) is 31.2. The molecule has 0 saturated carbocycles. The molecule has 1 saturated heterocycles. The number of thioether (sulfide) groups is 1. The minimum absolute atomic E-state index is 0.0292. The number of nitro groups is 1. The van der Waals surface area contributed by atoms with Crippen LogP contribution in [0.4, 0.5) is 17.1 Å². The van der Waals surface area contributed by atoms with Crippen LogP contribution in [0.3, 0.4) is 0 Å². The van der Waals surface area contributed by atoms with Crippen molar-refractivity contribution in [1.29, 1.82) is 0 Å². The third-order valence-corrected chi connectivity index (χ3v) is 8.30. The van der Waals surface area contributed by atoms with Crippen molar-refractivity contribution in [2.45, 2.75) is 16.7 Å². The molecule has 0 radical (unpaired) electrons. The van der Waals surface area contributed by atoms with Gasteiger partial charge >= 0.3 is 0 Å². The highest BCUT2D eigenvalue weighted by Gasteiger charge is 2.51. The Hall–Kier alpha value is -4.01. The van der Waals surface area contributed by atoms with Crippen LogP contribution in [-0.2, 0) is 0 Å². The first kappa shape index (κ1) is 23.4. The Bertz CT molecular complexity index is 1480. The Morgan fingerprint density at radius 3 is 2.22 bits per heavy atom. The number of anilines is 2. The number of para-hydroxylation sites is 2. The predicted octanol–water partition coefficient (Wildman–Crippen LogP) is 7.15. The van der Waals surface area contributed by atoms with E-state index in [9.17, 15) is 15.2 Å². The smallest absolute Gasteiger partial charge is 0.269 e. The van der Waals surface area contributed by atoms with Crippen LogP contribution in [0.2, 0.25) is 5.02 Å². The van der Waals surface area contributed by atoms with E-state index in [1.807, 2.05) is 77.8 Å². The fourth-order valence-corrected chi connectivity index (χ4v) is 6.59. The molecule has 9 heteroatoms. The molecule has 1 fully saturated rings.